The Morgan fingerprint density at radius 3 is 2.76 bits per heavy atom. The monoisotopic (exact) mass is 394 g/mol. The van der Waals surface area contributed by atoms with Gasteiger partial charge < -0.3 is 14.6 Å². The van der Waals surface area contributed by atoms with Gasteiger partial charge in [0.1, 0.15) is 5.82 Å². The van der Waals surface area contributed by atoms with Crippen LogP contribution in [0.3, 0.4) is 0 Å². The van der Waals surface area contributed by atoms with Crippen molar-refractivity contribution < 1.29 is 13.9 Å². The number of aromatic nitrogens is 1. The first-order chi connectivity index (χ1) is 14.0. The molecular weight excluding hydrogens is 371 g/mol. The van der Waals surface area contributed by atoms with Crippen LogP contribution in [0.25, 0.3) is 10.9 Å². The maximum Gasteiger partial charge on any atom is 0.254 e. The number of hydrogen-bond donors (Lipinski definition) is 1. The number of para-hydroxylation sites is 1. The standard InChI is InChI=1S/C23H23FN2O3/c1-15-4-2-5-17-12-18(22(27)25-21(15)17)13-26(14-20-6-3-11-29-20)23(28)16-7-9-19(24)10-8-16/h2,4-5,7-10,12,20H,3,6,11,13-14H2,1H3,(H,25,27)/t20-/m1/s1. The summed E-state index contributed by atoms with van der Waals surface area (Å²) < 4.78 is 19.0. The highest BCUT2D eigenvalue weighted by Crippen LogP contribution is 2.19. The Bertz CT molecular complexity index is 1090. The van der Waals surface area contributed by atoms with Crippen LogP contribution in [0.1, 0.15) is 34.3 Å². The molecule has 2 heterocycles. The van der Waals surface area contributed by atoms with Crippen molar-refractivity contribution in [2.75, 3.05) is 13.2 Å². The first-order valence-corrected chi connectivity index (χ1v) is 9.79. The van der Waals surface area contributed by atoms with Gasteiger partial charge in [-0.2, -0.15) is 0 Å². The molecule has 1 N–H and O–H groups in total. The zero-order chi connectivity index (χ0) is 20.4. The van der Waals surface area contributed by atoms with Gasteiger partial charge in [0.2, 0.25) is 0 Å². The topological polar surface area (TPSA) is 62.4 Å². The van der Waals surface area contributed by atoms with Crippen LogP contribution < -0.4 is 5.56 Å². The molecule has 5 nitrogen and oxygen atoms in total. The Morgan fingerprint density at radius 1 is 1.24 bits per heavy atom. The van der Waals surface area contributed by atoms with Crippen LogP contribution in [0.15, 0.2) is 53.3 Å². The van der Waals surface area contributed by atoms with Gasteiger partial charge in [0.05, 0.1) is 18.2 Å². The first-order valence-electron chi connectivity index (χ1n) is 9.79. The van der Waals surface area contributed by atoms with Gasteiger partial charge in [-0.1, -0.05) is 18.2 Å². The summed E-state index contributed by atoms with van der Waals surface area (Å²) >= 11 is 0. The highest BCUT2D eigenvalue weighted by Gasteiger charge is 2.24. The van der Waals surface area contributed by atoms with E-state index in [1.807, 2.05) is 31.2 Å². The van der Waals surface area contributed by atoms with E-state index < -0.39 is 5.82 Å². The van der Waals surface area contributed by atoms with Gasteiger partial charge in [0.15, 0.2) is 0 Å². The third-order valence-electron chi connectivity index (χ3n) is 5.35. The zero-order valence-electron chi connectivity index (χ0n) is 16.3. The van der Waals surface area contributed by atoms with Crippen LogP contribution in [0.5, 0.6) is 0 Å². The number of benzene rings is 2. The summed E-state index contributed by atoms with van der Waals surface area (Å²) in [5, 5.41) is 0.922. The molecule has 1 amide bonds. The smallest absolute Gasteiger partial charge is 0.254 e. The number of aryl methyl sites for hydroxylation is 1. The highest BCUT2D eigenvalue weighted by atomic mass is 19.1. The summed E-state index contributed by atoms with van der Waals surface area (Å²) in [6.07, 6.45) is 1.78. The Kier molecular flexibility index (Phi) is 5.45. The third kappa shape index (κ3) is 4.22. The van der Waals surface area contributed by atoms with E-state index in [1.165, 1.54) is 24.3 Å². The molecule has 1 aliphatic heterocycles. The molecule has 1 aromatic heterocycles. The van der Waals surface area contributed by atoms with Gasteiger partial charge in [0, 0.05) is 24.3 Å². The number of nitrogens with zero attached hydrogens (tertiary/aromatic N) is 1. The number of amides is 1. The molecule has 3 aromatic rings. The molecular formula is C23H23FN2O3. The molecule has 0 spiro atoms. The predicted octanol–water partition coefficient (Wildman–Crippen LogP) is 3.80. The maximum absolute atomic E-state index is 13.3. The van der Waals surface area contributed by atoms with E-state index in [1.54, 1.807) is 4.90 Å². The van der Waals surface area contributed by atoms with E-state index in [9.17, 15) is 14.0 Å². The summed E-state index contributed by atoms with van der Waals surface area (Å²) in [5.74, 6) is -0.641. The number of halogens is 1. The third-order valence-corrected chi connectivity index (χ3v) is 5.35. The Hall–Kier alpha value is -2.99. The summed E-state index contributed by atoms with van der Waals surface area (Å²) in [7, 11) is 0. The lowest BCUT2D eigenvalue weighted by atomic mass is 10.1. The molecule has 29 heavy (non-hydrogen) atoms. The average molecular weight is 394 g/mol. The van der Waals surface area contributed by atoms with Crippen molar-refractivity contribution in [2.45, 2.75) is 32.4 Å². The minimum Gasteiger partial charge on any atom is -0.376 e. The van der Waals surface area contributed by atoms with Crippen molar-refractivity contribution in [1.29, 1.82) is 0 Å². The van der Waals surface area contributed by atoms with Gasteiger partial charge in [0.25, 0.3) is 11.5 Å². The van der Waals surface area contributed by atoms with Crippen LogP contribution in [-0.4, -0.2) is 35.0 Å². The number of fused-ring (bicyclic) bond motifs is 1. The Balaban J connectivity index is 1.66. The highest BCUT2D eigenvalue weighted by molar-refractivity contribution is 5.94. The lowest BCUT2D eigenvalue weighted by Gasteiger charge is -2.25. The van der Waals surface area contributed by atoms with Crippen LogP contribution >= 0.6 is 0 Å². The average Bonchev–Trinajstić information content (AvgIpc) is 3.22. The van der Waals surface area contributed by atoms with E-state index in [2.05, 4.69) is 4.98 Å². The van der Waals surface area contributed by atoms with Crippen molar-refractivity contribution in [3.63, 3.8) is 0 Å². The minimum absolute atomic E-state index is 0.0545. The number of pyridine rings is 1. The van der Waals surface area contributed by atoms with Gasteiger partial charge in [-0.25, -0.2) is 4.39 Å². The number of ether oxygens (including phenoxy) is 1. The molecule has 0 bridgehead atoms. The molecule has 150 valence electrons. The second-order valence-corrected chi connectivity index (χ2v) is 7.49. The van der Waals surface area contributed by atoms with Gasteiger partial charge >= 0.3 is 0 Å². The van der Waals surface area contributed by atoms with Gasteiger partial charge in [-0.15, -0.1) is 0 Å². The van der Waals surface area contributed by atoms with Crippen molar-refractivity contribution >= 4 is 16.8 Å². The molecule has 1 saturated heterocycles. The van der Waals surface area contributed by atoms with Crippen LogP contribution in [0.2, 0.25) is 0 Å². The molecule has 4 rings (SSSR count). The number of rotatable bonds is 5. The summed E-state index contributed by atoms with van der Waals surface area (Å²) in [6.45, 7) is 3.18. The fourth-order valence-corrected chi connectivity index (χ4v) is 3.78. The maximum atomic E-state index is 13.3. The van der Waals surface area contributed by atoms with E-state index >= 15 is 0 Å². The van der Waals surface area contributed by atoms with Gasteiger partial charge in [-0.05, 0) is 61.0 Å². The molecule has 0 saturated carbocycles. The fourth-order valence-electron chi connectivity index (χ4n) is 3.78. The number of H-pyrrole nitrogens is 1. The van der Waals surface area contributed by atoms with Crippen molar-refractivity contribution in [3.8, 4) is 0 Å². The number of carbonyl (C=O) groups is 1. The normalized spacial score (nSPS) is 16.3. The fraction of sp³-hybridized carbons (Fsp3) is 0.304. The van der Waals surface area contributed by atoms with Crippen molar-refractivity contribution in [1.82, 2.24) is 9.88 Å². The molecule has 1 aliphatic rings. The van der Waals surface area contributed by atoms with Crippen LogP contribution in [0.4, 0.5) is 4.39 Å². The van der Waals surface area contributed by atoms with Gasteiger partial charge in [-0.3, -0.25) is 9.59 Å². The van der Waals surface area contributed by atoms with Crippen molar-refractivity contribution in [2.24, 2.45) is 0 Å². The number of aromatic amines is 1. The molecule has 1 fully saturated rings. The van der Waals surface area contributed by atoms with E-state index in [4.69, 9.17) is 4.74 Å². The molecule has 0 radical (unpaired) electrons. The molecule has 0 aliphatic carbocycles. The summed E-state index contributed by atoms with van der Waals surface area (Å²) in [5.41, 5.74) is 2.48. The second kappa shape index (κ2) is 8.17. The van der Waals surface area contributed by atoms with Crippen LogP contribution in [0, 0.1) is 12.7 Å². The Morgan fingerprint density at radius 2 is 2.03 bits per heavy atom. The largest absolute Gasteiger partial charge is 0.376 e. The zero-order valence-corrected chi connectivity index (χ0v) is 16.3. The van der Waals surface area contributed by atoms with E-state index in [0.717, 1.165) is 29.3 Å². The van der Waals surface area contributed by atoms with Crippen LogP contribution in [-0.2, 0) is 11.3 Å². The minimum atomic E-state index is -0.395. The molecule has 0 unspecified atom stereocenters. The second-order valence-electron chi connectivity index (χ2n) is 7.49. The Labute approximate surface area is 168 Å². The van der Waals surface area contributed by atoms with Crippen molar-refractivity contribution in [3.05, 3.63) is 81.4 Å². The number of carbonyl (C=O) groups excluding carboxylic acids is 1. The van der Waals surface area contributed by atoms with E-state index in [0.29, 0.717) is 24.3 Å². The van der Waals surface area contributed by atoms with E-state index in [-0.39, 0.29) is 24.1 Å². The number of hydrogen-bond acceptors (Lipinski definition) is 3. The quantitative estimate of drug-likeness (QED) is 0.716. The molecule has 6 heteroatoms. The summed E-state index contributed by atoms with van der Waals surface area (Å²) in [4.78, 5) is 30.4. The predicted molar refractivity (Wildman–Crippen MR) is 109 cm³/mol. The molecule has 1 atom stereocenters. The lowest BCUT2D eigenvalue weighted by molar-refractivity contribution is 0.0506. The number of nitrogens with one attached hydrogen (secondary N) is 1. The molecule has 2 aromatic carbocycles. The summed E-state index contributed by atoms with van der Waals surface area (Å²) in [6, 6.07) is 13.1. The first kappa shape index (κ1) is 19.3. The SMILES string of the molecule is Cc1cccc2cc(CN(C[C@H]3CCCO3)C(=O)c3ccc(F)cc3)c(=O)[nH]c12. The lowest BCUT2D eigenvalue weighted by Crippen LogP contribution is -2.38.